The first-order valence-corrected chi connectivity index (χ1v) is 11.5. The molecule has 0 aliphatic carbocycles. The Morgan fingerprint density at radius 3 is 2.73 bits per heavy atom. The van der Waals surface area contributed by atoms with E-state index in [0.717, 1.165) is 21.5 Å². The zero-order chi connectivity index (χ0) is 22.8. The van der Waals surface area contributed by atoms with Gasteiger partial charge in [0, 0.05) is 16.1 Å². The molecular weight excluding hydrogens is 458 g/mol. The second kappa shape index (κ2) is 9.09. The van der Waals surface area contributed by atoms with E-state index in [2.05, 4.69) is 25.4 Å². The average Bonchev–Trinajstić information content (AvgIpc) is 3.43. The molecule has 1 amide bonds. The number of aryl methyl sites for hydroxylation is 1. The molecule has 0 fully saturated rings. The number of aromatic amines is 1. The third-order valence-electron chi connectivity index (χ3n) is 4.92. The van der Waals surface area contributed by atoms with Gasteiger partial charge in [-0.1, -0.05) is 41.0 Å². The summed E-state index contributed by atoms with van der Waals surface area (Å²) in [7, 11) is 0. The topological polar surface area (TPSA) is 96.7 Å². The first-order chi connectivity index (χ1) is 16.1. The van der Waals surface area contributed by atoms with E-state index >= 15 is 0 Å². The second-order valence-electron chi connectivity index (χ2n) is 7.27. The number of carbonyl (C=O) groups is 1. The molecule has 0 aliphatic rings. The summed E-state index contributed by atoms with van der Waals surface area (Å²) in [6, 6.07) is 20.5. The summed E-state index contributed by atoms with van der Waals surface area (Å²) in [5, 5.41) is 7.40. The first-order valence-electron chi connectivity index (χ1n) is 10.1. The van der Waals surface area contributed by atoms with Crippen molar-refractivity contribution in [3.8, 4) is 11.4 Å². The van der Waals surface area contributed by atoms with Crippen molar-refractivity contribution in [1.82, 2.24) is 20.1 Å². The molecule has 0 aliphatic heterocycles. The van der Waals surface area contributed by atoms with Crippen molar-refractivity contribution < 1.29 is 9.32 Å². The summed E-state index contributed by atoms with van der Waals surface area (Å²) in [5.41, 5.74) is 3.64. The van der Waals surface area contributed by atoms with Gasteiger partial charge in [0.25, 0.3) is 5.91 Å². The lowest BCUT2D eigenvalue weighted by Crippen LogP contribution is -2.13. The van der Waals surface area contributed by atoms with Crippen LogP contribution in [0.5, 0.6) is 0 Å². The number of carbonyl (C=O) groups excluding carboxylic acids is 1. The predicted octanol–water partition coefficient (Wildman–Crippen LogP) is 6.12. The van der Waals surface area contributed by atoms with Gasteiger partial charge in [-0.3, -0.25) is 4.79 Å². The molecule has 9 heteroatoms. The lowest BCUT2D eigenvalue weighted by Gasteiger charge is -2.09. The number of amides is 1. The highest BCUT2D eigenvalue weighted by Crippen LogP contribution is 2.29. The minimum absolute atomic E-state index is 0.204. The van der Waals surface area contributed by atoms with Gasteiger partial charge >= 0.3 is 0 Å². The monoisotopic (exact) mass is 475 g/mol. The summed E-state index contributed by atoms with van der Waals surface area (Å²) in [6.45, 7) is 1.77. The zero-order valence-electron chi connectivity index (χ0n) is 17.5. The molecule has 0 saturated heterocycles. The van der Waals surface area contributed by atoms with Crippen molar-refractivity contribution >= 4 is 46.0 Å². The summed E-state index contributed by atoms with van der Waals surface area (Å²) in [4.78, 5) is 26.0. The van der Waals surface area contributed by atoms with Crippen molar-refractivity contribution in [3.63, 3.8) is 0 Å². The number of halogens is 1. The number of anilines is 1. The molecule has 0 unspecified atom stereocenters. The number of nitrogens with zero attached hydrogens (tertiary/aromatic N) is 3. The van der Waals surface area contributed by atoms with Crippen LogP contribution in [0.4, 0.5) is 5.69 Å². The summed E-state index contributed by atoms with van der Waals surface area (Å²) < 4.78 is 5.16. The standard InChI is InChI=1S/C24H18ClN5O2S/c1-14-26-22(32-30-14)13-33-21-9-5-3-7-17(21)24(31)27-15-10-11-19-20(12-15)29-23(28-19)16-6-2-4-8-18(16)25/h2-12H,13H2,1H3,(H,27,31)(H,28,29). The molecule has 7 nitrogen and oxygen atoms in total. The van der Waals surface area contributed by atoms with E-state index in [0.29, 0.717) is 39.6 Å². The molecule has 0 bridgehead atoms. The maximum atomic E-state index is 13.0. The number of nitrogens with one attached hydrogen (secondary N) is 2. The second-order valence-corrected chi connectivity index (χ2v) is 8.70. The van der Waals surface area contributed by atoms with Crippen molar-refractivity contribution in [2.75, 3.05) is 5.32 Å². The number of aromatic nitrogens is 4. The Labute approximate surface area is 198 Å². The largest absolute Gasteiger partial charge is 0.338 e. The highest BCUT2D eigenvalue weighted by atomic mass is 35.5. The third-order valence-corrected chi connectivity index (χ3v) is 6.31. The van der Waals surface area contributed by atoms with E-state index in [9.17, 15) is 4.79 Å². The van der Waals surface area contributed by atoms with Crippen molar-refractivity contribution in [2.45, 2.75) is 17.6 Å². The molecule has 0 radical (unpaired) electrons. The van der Waals surface area contributed by atoms with Gasteiger partial charge in [0.1, 0.15) is 5.82 Å². The molecule has 2 aromatic heterocycles. The number of hydrogen-bond acceptors (Lipinski definition) is 6. The molecule has 2 heterocycles. The van der Waals surface area contributed by atoms with Gasteiger partial charge < -0.3 is 14.8 Å². The number of thioether (sulfide) groups is 1. The van der Waals surface area contributed by atoms with E-state index in [1.54, 1.807) is 13.0 Å². The number of rotatable bonds is 6. The Bertz CT molecular complexity index is 1460. The van der Waals surface area contributed by atoms with Crippen LogP contribution in [0.2, 0.25) is 5.02 Å². The first kappa shape index (κ1) is 21.2. The third kappa shape index (κ3) is 4.62. The van der Waals surface area contributed by atoms with Gasteiger partial charge in [0.2, 0.25) is 5.89 Å². The Morgan fingerprint density at radius 2 is 1.91 bits per heavy atom. The van der Waals surface area contributed by atoms with Gasteiger partial charge in [-0.05, 0) is 49.4 Å². The molecule has 2 N–H and O–H groups in total. The smallest absolute Gasteiger partial charge is 0.256 e. The van der Waals surface area contributed by atoms with Crippen LogP contribution in [0, 0.1) is 6.92 Å². The summed E-state index contributed by atoms with van der Waals surface area (Å²) in [5.74, 6) is 2.06. The van der Waals surface area contributed by atoms with Gasteiger partial charge in [-0.2, -0.15) is 4.98 Å². The lowest BCUT2D eigenvalue weighted by molar-refractivity contribution is 0.102. The molecule has 3 aromatic carbocycles. The van der Waals surface area contributed by atoms with Crippen LogP contribution in [0.1, 0.15) is 22.1 Å². The maximum absolute atomic E-state index is 13.0. The summed E-state index contributed by atoms with van der Waals surface area (Å²) in [6.07, 6.45) is 0. The fourth-order valence-corrected chi connectivity index (χ4v) is 4.50. The Balaban J connectivity index is 1.35. The quantitative estimate of drug-likeness (QED) is 0.287. The van der Waals surface area contributed by atoms with E-state index < -0.39 is 0 Å². The number of hydrogen-bond donors (Lipinski definition) is 2. The molecule has 0 atom stereocenters. The minimum atomic E-state index is -0.204. The zero-order valence-corrected chi connectivity index (χ0v) is 19.1. The van der Waals surface area contributed by atoms with Crippen LogP contribution in [-0.4, -0.2) is 26.0 Å². The SMILES string of the molecule is Cc1noc(CSc2ccccc2C(=O)Nc2ccc3nc(-c4ccccc4Cl)[nH]c3c2)n1. The van der Waals surface area contributed by atoms with E-state index in [1.165, 1.54) is 11.8 Å². The molecule has 164 valence electrons. The average molecular weight is 476 g/mol. The molecule has 5 aromatic rings. The Hall–Kier alpha value is -3.62. The number of fused-ring (bicyclic) bond motifs is 1. The number of imidazole rings is 1. The van der Waals surface area contributed by atoms with Crippen LogP contribution >= 0.6 is 23.4 Å². The molecule has 5 rings (SSSR count). The summed E-state index contributed by atoms with van der Waals surface area (Å²) >= 11 is 7.77. The maximum Gasteiger partial charge on any atom is 0.256 e. The van der Waals surface area contributed by atoms with Gasteiger partial charge in [-0.15, -0.1) is 11.8 Å². The van der Waals surface area contributed by atoms with Crippen LogP contribution in [-0.2, 0) is 5.75 Å². The number of H-pyrrole nitrogens is 1. The van der Waals surface area contributed by atoms with Crippen molar-refractivity contribution in [1.29, 1.82) is 0 Å². The van der Waals surface area contributed by atoms with Crippen LogP contribution in [0.25, 0.3) is 22.4 Å². The molecular formula is C24H18ClN5O2S. The van der Waals surface area contributed by atoms with E-state index in [1.807, 2.05) is 60.7 Å². The predicted molar refractivity (Wildman–Crippen MR) is 130 cm³/mol. The highest BCUT2D eigenvalue weighted by Gasteiger charge is 2.14. The van der Waals surface area contributed by atoms with Gasteiger partial charge in [-0.25, -0.2) is 4.98 Å². The van der Waals surface area contributed by atoms with Gasteiger partial charge in [0.15, 0.2) is 5.82 Å². The Kier molecular flexibility index (Phi) is 5.85. The van der Waals surface area contributed by atoms with Crippen LogP contribution in [0.15, 0.2) is 76.1 Å². The normalized spacial score (nSPS) is 11.1. The molecule has 33 heavy (non-hydrogen) atoms. The van der Waals surface area contributed by atoms with Gasteiger partial charge in [0.05, 0.1) is 27.4 Å². The van der Waals surface area contributed by atoms with Crippen LogP contribution in [0.3, 0.4) is 0 Å². The molecule has 0 spiro atoms. The number of benzene rings is 3. The lowest BCUT2D eigenvalue weighted by atomic mass is 10.2. The van der Waals surface area contributed by atoms with Crippen molar-refractivity contribution in [3.05, 3.63) is 89.0 Å². The Morgan fingerprint density at radius 1 is 1.09 bits per heavy atom. The fourth-order valence-electron chi connectivity index (χ4n) is 3.38. The van der Waals surface area contributed by atoms with E-state index in [-0.39, 0.29) is 5.91 Å². The van der Waals surface area contributed by atoms with Crippen LogP contribution < -0.4 is 5.32 Å². The molecule has 0 saturated carbocycles. The van der Waals surface area contributed by atoms with E-state index in [4.69, 9.17) is 16.1 Å². The highest BCUT2D eigenvalue weighted by molar-refractivity contribution is 7.98. The fraction of sp³-hybridized carbons (Fsp3) is 0.0833. The minimum Gasteiger partial charge on any atom is -0.338 e. The van der Waals surface area contributed by atoms with Crippen molar-refractivity contribution in [2.24, 2.45) is 0 Å².